The standard InChI is InChI=1S/C29H36/c1-3-5-12-22-20-24(28-18-9-7-16-26(22)28)14-11-15-25-21-23(13-6-4-2)27-17-8-10-19-29(25)27/h7-10,16-21,24-25H,3-6,11-15H2,1-2H3. The average Bonchev–Trinajstić information content (AvgIpc) is 3.29. The van der Waals surface area contributed by atoms with Crippen LogP contribution < -0.4 is 0 Å². The van der Waals surface area contributed by atoms with Gasteiger partial charge in [-0.25, -0.2) is 0 Å². The van der Waals surface area contributed by atoms with Crippen LogP contribution in [0.2, 0.25) is 0 Å². The maximum absolute atomic E-state index is 2.59. The molecule has 0 nitrogen and oxygen atoms in total. The van der Waals surface area contributed by atoms with Crippen LogP contribution in [0, 0.1) is 0 Å². The summed E-state index contributed by atoms with van der Waals surface area (Å²) in [6, 6.07) is 18.3. The lowest BCUT2D eigenvalue weighted by Gasteiger charge is -2.14. The summed E-state index contributed by atoms with van der Waals surface area (Å²) in [6.45, 7) is 4.58. The Balaban J connectivity index is 1.41. The molecule has 0 spiro atoms. The van der Waals surface area contributed by atoms with E-state index < -0.39 is 0 Å². The maximum atomic E-state index is 2.59. The van der Waals surface area contributed by atoms with Gasteiger partial charge in [0.25, 0.3) is 0 Å². The molecule has 2 unspecified atom stereocenters. The van der Waals surface area contributed by atoms with Gasteiger partial charge in [0.15, 0.2) is 0 Å². The second kappa shape index (κ2) is 9.61. The molecule has 2 aromatic carbocycles. The second-order valence-electron chi connectivity index (χ2n) is 8.91. The Hall–Kier alpha value is -2.08. The van der Waals surface area contributed by atoms with E-state index in [0.29, 0.717) is 11.8 Å². The van der Waals surface area contributed by atoms with E-state index in [4.69, 9.17) is 0 Å². The van der Waals surface area contributed by atoms with Crippen molar-refractivity contribution in [1.29, 1.82) is 0 Å². The zero-order valence-corrected chi connectivity index (χ0v) is 18.3. The number of unbranched alkanes of at least 4 members (excludes halogenated alkanes) is 2. The van der Waals surface area contributed by atoms with Crippen molar-refractivity contribution in [3.8, 4) is 0 Å². The molecule has 0 aliphatic heterocycles. The van der Waals surface area contributed by atoms with Crippen molar-refractivity contribution in [2.75, 3.05) is 0 Å². The van der Waals surface area contributed by atoms with Gasteiger partial charge in [-0.05, 0) is 71.9 Å². The smallest absolute Gasteiger partial charge is 0.00300 e. The van der Waals surface area contributed by atoms with Gasteiger partial charge in [-0.3, -0.25) is 0 Å². The van der Waals surface area contributed by atoms with E-state index in [1.54, 1.807) is 22.3 Å². The summed E-state index contributed by atoms with van der Waals surface area (Å²) in [4.78, 5) is 0. The molecule has 0 bridgehead atoms. The minimum atomic E-state index is 0.623. The molecule has 0 radical (unpaired) electrons. The van der Waals surface area contributed by atoms with Crippen LogP contribution in [0.3, 0.4) is 0 Å². The summed E-state index contributed by atoms with van der Waals surface area (Å²) in [5.74, 6) is 1.25. The summed E-state index contributed by atoms with van der Waals surface area (Å²) in [6.07, 6.45) is 16.7. The summed E-state index contributed by atoms with van der Waals surface area (Å²) in [5, 5.41) is 0. The fraction of sp³-hybridized carbons (Fsp3) is 0.448. The molecule has 0 aromatic heterocycles. The molecule has 2 aromatic rings. The zero-order valence-electron chi connectivity index (χ0n) is 18.3. The van der Waals surface area contributed by atoms with Crippen LogP contribution in [-0.2, 0) is 0 Å². The lowest BCUT2D eigenvalue weighted by atomic mass is 9.90. The number of fused-ring (bicyclic) bond motifs is 2. The first-order valence-electron chi connectivity index (χ1n) is 11.9. The Morgan fingerprint density at radius 1 is 0.586 bits per heavy atom. The Bertz CT molecular complexity index is 809. The molecule has 0 fully saturated rings. The van der Waals surface area contributed by atoms with Crippen LogP contribution >= 0.6 is 0 Å². The van der Waals surface area contributed by atoms with E-state index in [9.17, 15) is 0 Å². The summed E-state index contributed by atoms with van der Waals surface area (Å²) in [7, 11) is 0. The number of hydrogen-bond acceptors (Lipinski definition) is 0. The van der Waals surface area contributed by atoms with Crippen molar-refractivity contribution in [2.45, 2.75) is 83.5 Å². The fourth-order valence-electron chi connectivity index (χ4n) is 5.28. The Kier molecular flexibility index (Phi) is 6.70. The van der Waals surface area contributed by atoms with Crippen LogP contribution in [0.4, 0.5) is 0 Å². The Labute approximate surface area is 177 Å². The highest BCUT2D eigenvalue weighted by molar-refractivity contribution is 5.75. The Morgan fingerprint density at radius 2 is 1.03 bits per heavy atom. The minimum absolute atomic E-state index is 0.623. The number of allylic oxidation sites excluding steroid dienone is 4. The third-order valence-electron chi connectivity index (χ3n) is 6.85. The number of rotatable bonds is 10. The topological polar surface area (TPSA) is 0 Å². The van der Waals surface area contributed by atoms with Gasteiger partial charge in [-0.2, -0.15) is 0 Å². The highest BCUT2D eigenvalue weighted by Gasteiger charge is 2.25. The third-order valence-corrected chi connectivity index (χ3v) is 6.85. The van der Waals surface area contributed by atoms with E-state index in [2.05, 4.69) is 74.5 Å². The normalized spacial score (nSPS) is 19.7. The van der Waals surface area contributed by atoms with Crippen molar-refractivity contribution in [1.82, 2.24) is 0 Å². The largest absolute Gasteiger partial charge is 0.0732 e. The summed E-state index contributed by atoms with van der Waals surface area (Å²) < 4.78 is 0. The third kappa shape index (κ3) is 4.42. The molecule has 2 atom stereocenters. The van der Waals surface area contributed by atoms with Gasteiger partial charge < -0.3 is 0 Å². The van der Waals surface area contributed by atoms with Gasteiger partial charge in [0.2, 0.25) is 0 Å². The molecule has 2 aliphatic carbocycles. The van der Waals surface area contributed by atoms with Gasteiger partial charge in [0.05, 0.1) is 0 Å². The molecule has 0 heterocycles. The highest BCUT2D eigenvalue weighted by atomic mass is 14.3. The van der Waals surface area contributed by atoms with Crippen molar-refractivity contribution in [2.24, 2.45) is 0 Å². The van der Waals surface area contributed by atoms with E-state index in [0.717, 1.165) is 0 Å². The molecule has 0 saturated carbocycles. The van der Waals surface area contributed by atoms with Crippen molar-refractivity contribution >= 4 is 11.1 Å². The van der Waals surface area contributed by atoms with Gasteiger partial charge in [-0.1, -0.05) is 93.8 Å². The Morgan fingerprint density at radius 3 is 1.48 bits per heavy atom. The molecular weight excluding hydrogens is 348 g/mol. The second-order valence-corrected chi connectivity index (χ2v) is 8.91. The van der Waals surface area contributed by atoms with Crippen LogP contribution in [0.1, 0.15) is 106 Å². The van der Waals surface area contributed by atoms with Crippen LogP contribution in [-0.4, -0.2) is 0 Å². The minimum Gasteiger partial charge on any atom is -0.0732 e. The molecule has 4 rings (SSSR count). The fourth-order valence-corrected chi connectivity index (χ4v) is 5.28. The highest BCUT2D eigenvalue weighted by Crippen LogP contribution is 2.43. The van der Waals surface area contributed by atoms with Crippen LogP contribution in [0.15, 0.2) is 60.7 Å². The number of benzene rings is 2. The van der Waals surface area contributed by atoms with Crippen molar-refractivity contribution < 1.29 is 0 Å². The first-order valence-corrected chi connectivity index (χ1v) is 11.9. The molecule has 0 saturated heterocycles. The van der Waals surface area contributed by atoms with Crippen molar-refractivity contribution in [3.05, 3.63) is 82.9 Å². The zero-order chi connectivity index (χ0) is 20.1. The van der Waals surface area contributed by atoms with E-state index in [1.807, 2.05) is 0 Å². The predicted molar refractivity (Wildman–Crippen MR) is 127 cm³/mol. The molecule has 2 aliphatic rings. The average molecular weight is 385 g/mol. The lowest BCUT2D eigenvalue weighted by Crippen LogP contribution is -1.97. The maximum Gasteiger partial charge on any atom is 0.00300 e. The lowest BCUT2D eigenvalue weighted by molar-refractivity contribution is 0.612. The molecule has 0 N–H and O–H groups in total. The van der Waals surface area contributed by atoms with E-state index in [1.165, 1.54) is 68.9 Å². The van der Waals surface area contributed by atoms with Gasteiger partial charge in [0, 0.05) is 11.8 Å². The summed E-state index contributed by atoms with van der Waals surface area (Å²) >= 11 is 0. The number of hydrogen-bond donors (Lipinski definition) is 0. The molecular formula is C29H36. The van der Waals surface area contributed by atoms with Gasteiger partial charge in [0.1, 0.15) is 0 Å². The first-order chi connectivity index (χ1) is 14.3. The molecule has 0 amide bonds. The van der Waals surface area contributed by atoms with Crippen molar-refractivity contribution in [3.63, 3.8) is 0 Å². The van der Waals surface area contributed by atoms with Crippen LogP contribution in [0.25, 0.3) is 11.1 Å². The monoisotopic (exact) mass is 384 g/mol. The van der Waals surface area contributed by atoms with E-state index >= 15 is 0 Å². The van der Waals surface area contributed by atoms with E-state index in [-0.39, 0.29) is 0 Å². The first kappa shape index (κ1) is 20.2. The summed E-state index contributed by atoms with van der Waals surface area (Å²) in [5.41, 5.74) is 9.40. The van der Waals surface area contributed by atoms with Gasteiger partial charge >= 0.3 is 0 Å². The SMILES string of the molecule is CCCCC1=CC(CCCC2C=C(CCCC)c3ccccc32)c2ccccc21. The van der Waals surface area contributed by atoms with Crippen LogP contribution in [0.5, 0.6) is 0 Å². The molecule has 0 heteroatoms. The van der Waals surface area contributed by atoms with Gasteiger partial charge in [-0.15, -0.1) is 0 Å². The quantitative estimate of drug-likeness (QED) is 0.383. The molecule has 29 heavy (non-hydrogen) atoms. The molecule has 152 valence electrons. The predicted octanol–water partition coefficient (Wildman–Crippen LogP) is 8.90.